The summed E-state index contributed by atoms with van der Waals surface area (Å²) in [7, 11) is -0.982. The van der Waals surface area contributed by atoms with Crippen molar-refractivity contribution in [3.63, 3.8) is 0 Å². The van der Waals surface area contributed by atoms with Crippen LogP contribution in [0.1, 0.15) is 27.7 Å². The first-order valence-electron chi connectivity index (χ1n) is 7.70. The van der Waals surface area contributed by atoms with Gasteiger partial charge in [0.1, 0.15) is 26.0 Å². The van der Waals surface area contributed by atoms with Gasteiger partial charge in [-0.05, 0) is 27.7 Å². The maximum Gasteiger partial charge on any atom is 0.356 e. The first-order chi connectivity index (χ1) is 9.75. The van der Waals surface area contributed by atoms with Crippen LogP contribution in [-0.2, 0) is 23.1 Å². The Labute approximate surface area is 128 Å². The van der Waals surface area contributed by atoms with Crippen LogP contribution in [0.4, 0.5) is 0 Å². The molecule has 0 saturated carbocycles. The van der Waals surface area contributed by atoms with Crippen molar-refractivity contribution in [1.29, 1.82) is 0 Å². The summed E-state index contributed by atoms with van der Waals surface area (Å²) in [6.07, 6.45) is -0.288. The minimum atomic E-state index is -3.18. The van der Waals surface area contributed by atoms with Gasteiger partial charge in [-0.1, -0.05) is 0 Å². The van der Waals surface area contributed by atoms with Crippen LogP contribution in [0.25, 0.3) is 0 Å². The van der Waals surface area contributed by atoms with Gasteiger partial charge in [-0.25, -0.2) is 0 Å². The zero-order valence-corrected chi connectivity index (χ0v) is 14.9. The molecule has 6 nitrogen and oxygen atoms in total. The molecule has 1 heterocycles. The Morgan fingerprint density at radius 3 is 2.10 bits per heavy atom. The van der Waals surface area contributed by atoms with Crippen LogP contribution in [-0.4, -0.2) is 69.5 Å². The van der Waals surface area contributed by atoms with Crippen molar-refractivity contribution < 1.29 is 27.6 Å². The lowest BCUT2D eigenvalue weighted by Gasteiger charge is -2.37. The summed E-state index contributed by atoms with van der Waals surface area (Å²) in [5, 5.41) is 0. The van der Waals surface area contributed by atoms with E-state index in [9.17, 15) is 4.57 Å². The number of quaternary nitrogens is 1. The summed E-state index contributed by atoms with van der Waals surface area (Å²) in [6, 6.07) is 0. The van der Waals surface area contributed by atoms with Crippen LogP contribution in [0.3, 0.4) is 0 Å². The number of ether oxygens (including phenoxy) is 2. The van der Waals surface area contributed by atoms with Gasteiger partial charge in [0.2, 0.25) is 0 Å². The van der Waals surface area contributed by atoms with Crippen LogP contribution < -0.4 is 0 Å². The Kier molecular flexibility index (Phi) is 7.82. The predicted octanol–water partition coefficient (Wildman–Crippen LogP) is 2.48. The third kappa shape index (κ3) is 7.73. The molecule has 1 saturated heterocycles. The second kappa shape index (κ2) is 8.61. The number of morpholine rings is 1. The van der Waals surface area contributed by atoms with E-state index in [1.807, 2.05) is 27.7 Å². The molecule has 0 N–H and O–H groups in total. The Hall–Kier alpha value is 0.0300. The second-order valence-corrected chi connectivity index (χ2v) is 8.26. The second-order valence-electron chi connectivity index (χ2n) is 6.36. The molecule has 0 aromatic rings. The van der Waals surface area contributed by atoms with E-state index in [4.69, 9.17) is 18.5 Å². The fraction of sp³-hybridized carbons (Fsp3) is 1.00. The molecule has 0 aromatic heterocycles. The van der Waals surface area contributed by atoms with Crippen molar-refractivity contribution >= 4 is 7.60 Å². The van der Waals surface area contributed by atoms with Gasteiger partial charge in [0.05, 0.1) is 39.1 Å². The lowest BCUT2D eigenvalue weighted by Crippen LogP contribution is -2.53. The highest BCUT2D eigenvalue weighted by Gasteiger charge is 2.29. The molecule has 0 spiro atoms. The van der Waals surface area contributed by atoms with Crippen molar-refractivity contribution in [2.45, 2.75) is 39.9 Å². The molecular weight excluding hydrogens is 293 g/mol. The average molecular weight is 324 g/mol. The van der Waals surface area contributed by atoms with E-state index in [1.54, 1.807) is 0 Å². The number of rotatable bonds is 9. The third-order valence-electron chi connectivity index (χ3n) is 3.32. The molecule has 0 radical (unpaired) electrons. The smallest absolute Gasteiger partial charge is 0.356 e. The van der Waals surface area contributed by atoms with Crippen LogP contribution in [0.15, 0.2) is 0 Å². The van der Waals surface area contributed by atoms with Gasteiger partial charge >= 0.3 is 7.60 Å². The zero-order chi connectivity index (χ0) is 15.9. The van der Waals surface area contributed by atoms with Crippen molar-refractivity contribution in [3.8, 4) is 0 Å². The SMILES string of the molecule is CC(C)OP(=O)(COCC[N+]1(C)CCOCC1)OC(C)C. The van der Waals surface area contributed by atoms with E-state index in [0.717, 1.165) is 37.3 Å². The molecule has 0 aromatic carbocycles. The summed E-state index contributed by atoms with van der Waals surface area (Å²) in [6.45, 7) is 12.4. The predicted molar refractivity (Wildman–Crippen MR) is 82.5 cm³/mol. The van der Waals surface area contributed by atoms with Gasteiger partial charge in [0.25, 0.3) is 0 Å². The Bertz CT molecular complexity index is 328. The molecule has 0 aliphatic carbocycles. The lowest BCUT2D eigenvalue weighted by molar-refractivity contribution is -0.917. The number of likely N-dealkylation sites (N-methyl/N-ethyl adjacent to an activating group) is 1. The van der Waals surface area contributed by atoms with Gasteiger partial charge in [-0.3, -0.25) is 4.57 Å². The van der Waals surface area contributed by atoms with Gasteiger partial charge in [-0.2, -0.15) is 0 Å². The largest absolute Gasteiger partial charge is 0.370 e. The quantitative estimate of drug-likeness (QED) is 0.370. The molecule has 0 bridgehead atoms. The average Bonchev–Trinajstić information content (AvgIpc) is 2.33. The number of hydrogen-bond acceptors (Lipinski definition) is 5. The topological polar surface area (TPSA) is 54.0 Å². The minimum absolute atomic E-state index is 0.0138. The molecule has 21 heavy (non-hydrogen) atoms. The van der Waals surface area contributed by atoms with Gasteiger partial charge in [-0.15, -0.1) is 0 Å². The van der Waals surface area contributed by atoms with E-state index in [0.29, 0.717) is 6.61 Å². The molecule has 1 aliphatic heterocycles. The van der Waals surface area contributed by atoms with E-state index >= 15 is 0 Å². The fourth-order valence-corrected chi connectivity index (χ4v) is 4.01. The number of nitrogens with zero attached hydrogens (tertiary/aromatic N) is 1. The molecule has 7 heteroatoms. The minimum Gasteiger partial charge on any atom is -0.370 e. The maximum atomic E-state index is 12.6. The maximum absolute atomic E-state index is 12.6. The highest BCUT2D eigenvalue weighted by atomic mass is 31.2. The highest BCUT2D eigenvalue weighted by molar-refractivity contribution is 7.53. The van der Waals surface area contributed by atoms with Crippen LogP contribution in [0.5, 0.6) is 0 Å². The Morgan fingerprint density at radius 1 is 1.10 bits per heavy atom. The normalized spacial score (nSPS) is 19.4. The standard InChI is InChI=1S/C14H31NO5P/c1-13(2)19-21(16,20-14(3)4)12-18-11-8-15(5)6-9-17-10-7-15/h13-14H,6-12H2,1-5H3/q+1. The molecule has 0 amide bonds. The molecule has 126 valence electrons. The zero-order valence-electron chi connectivity index (χ0n) is 14.0. The van der Waals surface area contributed by atoms with Crippen molar-refractivity contribution in [2.75, 3.05) is 52.9 Å². The Balaban J connectivity index is 2.37. The molecule has 1 aliphatic rings. The summed E-state index contributed by atoms with van der Waals surface area (Å²) in [5.41, 5.74) is 0. The summed E-state index contributed by atoms with van der Waals surface area (Å²) >= 11 is 0. The summed E-state index contributed by atoms with van der Waals surface area (Å²) in [5.74, 6) is 0. The Morgan fingerprint density at radius 2 is 1.62 bits per heavy atom. The summed E-state index contributed by atoms with van der Waals surface area (Å²) in [4.78, 5) is 0. The monoisotopic (exact) mass is 324 g/mol. The van der Waals surface area contributed by atoms with Crippen LogP contribution >= 0.6 is 7.60 Å². The molecular formula is C14H31NO5P+. The molecule has 0 atom stereocenters. The first kappa shape index (κ1) is 19.1. The van der Waals surface area contributed by atoms with E-state index in [1.165, 1.54) is 0 Å². The lowest BCUT2D eigenvalue weighted by atomic mass is 10.3. The van der Waals surface area contributed by atoms with Crippen LogP contribution in [0, 0.1) is 0 Å². The van der Waals surface area contributed by atoms with Crippen molar-refractivity contribution in [2.24, 2.45) is 0 Å². The van der Waals surface area contributed by atoms with Gasteiger partial charge in [0, 0.05) is 0 Å². The third-order valence-corrected chi connectivity index (χ3v) is 5.30. The molecule has 0 unspecified atom stereocenters. The highest BCUT2D eigenvalue weighted by Crippen LogP contribution is 2.50. The summed E-state index contributed by atoms with van der Waals surface area (Å²) < 4.78 is 35.4. The number of hydrogen-bond donors (Lipinski definition) is 0. The molecule has 1 rings (SSSR count). The van der Waals surface area contributed by atoms with Crippen molar-refractivity contribution in [3.05, 3.63) is 0 Å². The van der Waals surface area contributed by atoms with E-state index in [2.05, 4.69) is 7.05 Å². The fourth-order valence-electron chi connectivity index (χ4n) is 2.20. The molecule has 1 fully saturated rings. The first-order valence-corrected chi connectivity index (χ1v) is 9.42. The van der Waals surface area contributed by atoms with E-state index < -0.39 is 7.60 Å². The van der Waals surface area contributed by atoms with Gasteiger partial charge in [0.15, 0.2) is 0 Å². The van der Waals surface area contributed by atoms with Crippen molar-refractivity contribution in [1.82, 2.24) is 0 Å². The van der Waals surface area contributed by atoms with E-state index in [-0.39, 0.29) is 18.6 Å². The van der Waals surface area contributed by atoms with Crippen LogP contribution in [0.2, 0.25) is 0 Å². The van der Waals surface area contributed by atoms with Gasteiger partial charge < -0.3 is 23.0 Å².